The topological polar surface area (TPSA) is 23.5 Å². The molecule has 0 aliphatic heterocycles. The molecule has 0 aliphatic carbocycles. The molecule has 106 valence electrons. The highest BCUT2D eigenvalue weighted by atomic mass is 19.1. The van der Waals surface area contributed by atoms with Gasteiger partial charge in [-0.1, -0.05) is 30.3 Å². The first-order valence-corrected chi connectivity index (χ1v) is 6.80. The summed E-state index contributed by atoms with van der Waals surface area (Å²) in [5.74, 6) is -0.318. The van der Waals surface area contributed by atoms with Crippen LogP contribution in [0.25, 0.3) is 0 Å². The molecule has 2 aromatic rings. The smallest absolute Gasteiger partial charge is 0.123 e. The van der Waals surface area contributed by atoms with Gasteiger partial charge in [0.1, 0.15) is 5.82 Å². The molecule has 0 saturated heterocycles. The van der Waals surface area contributed by atoms with Crippen LogP contribution in [-0.4, -0.2) is 18.7 Å². The van der Waals surface area contributed by atoms with Crippen LogP contribution in [0.4, 0.5) is 10.1 Å². The van der Waals surface area contributed by atoms with Crippen LogP contribution < -0.4 is 4.90 Å². The molecule has 0 saturated carbocycles. The van der Waals surface area contributed by atoms with E-state index in [-0.39, 0.29) is 5.82 Å². The Morgan fingerprint density at radius 2 is 1.85 bits per heavy atom. The van der Waals surface area contributed by atoms with E-state index in [4.69, 9.17) is 0 Å². The minimum atomic E-state index is -0.681. The van der Waals surface area contributed by atoms with Crippen molar-refractivity contribution in [1.82, 2.24) is 0 Å². The minimum absolute atomic E-state index is 0.318. The zero-order valence-electron chi connectivity index (χ0n) is 11.9. The Hall–Kier alpha value is -1.87. The fourth-order valence-electron chi connectivity index (χ4n) is 2.27. The zero-order valence-corrected chi connectivity index (χ0v) is 11.9. The van der Waals surface area contributed by atoms with Crippen molar-refractivity contribution in [3.05, 3.63) is 65.5 Å². The SMILES string of the molecule is CC(O)c1cc(F)ccc1N(C)CCc1ccccc1. The normalized spacial score (nSPS) is 12.2. The molecule has 20 heavy (non-hydrogen) atoms. The molecule has 0 radical (unpaired) electrons. The molecule has 1 unspecified atom stereocenters. The first-order chi connectivity index (χ1) is 9.58. The summed E-state index contributed by atoms with van der Waals surface area (Å²) in [6.45, 7) is 2.47. The molecular weight excluding hydrogens is 253 g/mol. The number of aliphatic hydroxyl groups is 1. The first-order valence-electron chi connectivity index (χ1n) is 6.80. The number of hydrogen-bond acceptors (Lipinski definition) is 2. The van der Waals surface area contributed by atoms with E-state index in [1.165, 1.54) is 17.7 Å². The van der Waals surface area contributed by atoms with Gasteiger partial charge >= 0.3 is 0 Å². The van der Waals surface area contributed by atoms with E-state index >= 15 is 0 Å². The van der Waals surface area contributed by atoms with Crippen LogP contribution in [0.3, 0.4) is 0 Å². The number of aliphatic hydroxyl groups excluding tert-OH is 1. The Balaban J connectivity index is 2.11. The lowest BCUT2D eigenvalue weighted by Crippen LogP contribution is -2.22. The molecule has 2 nitrogen and oxygen atoms in total. The molecule has 3 heteroatoms. The third-order valence-corrected chi connectivity index (χ3v) is 3.43. The molecule has 1 atom stereocenters. The first kappa shape index (κ1) is 14.5. The summed E-state index contributed by atoms with van der Waals surface area (Å²) in [5, 5.41) is 9.77. The van der Waals surface area contributed by atoms with Gasteiger partial charge in [0.15, 0.2) is 0 Å². The highest BCUT2D eigenvalue weighted by Gasteiger charge is 2.12. The van der Waals surface area contributed by atoms with E-state index in [0.717, 1.165) is 18.7 Å². The van der Waals surface area contributed by atoms with Crippen molar-refractivity contribution in [1.29, 1.82) is 0 Å². The standard InChI is InChI=1S/C17H20FNO/c1-13(20)16-12-15(18)8-9-17(16)19(2)11-10-14-6-4-3-5-7-14/h3-9,12-13,20H,10-11H2,1-2H3. The monoisotopic (exact) mass is 273 g/mol. The van der Waals surface area contributed by atoms with Crippen LogP contribution in [0.2, 0.25) is 0 Å². The summed E-state index contributed by atoms with van der Waals surface area (Å²) in [6.07, 6.45) is 0.230. The second-order valence-electron chi connectivity index (χ2n) is 5.04. The quantitative estimate of drug-likeness (QED) is 0.900. The van der Waals surface area contributed by atoms with Gasteiger partial charge in [-0.15, -0.1) is 0 Å². The lowest BCUT2D eigenvalue weighted by molar-refractivity contribution is 0.199. The number of likely N-dealkylation sites (N-methyl/N-ethyl adjacent to an activating group) is 1. The fourth-order valence-corrected chi connectivity index (χ4v) is 2.27. The molecule has 0 aliphatic rings. The Morgan fingerprint density at radius 3 is 2.50 bits per heavy atom. The number of anilines is 1. The number of benzene rings is 2. The van der Waals surface area contributed by atoms with Gasteiger partial charge in [0.25, 0.3) is 0 Å². The van der Waals surface area contributed by atoms with E-state index in [2.05, 4.69) is 17.0 Å². The largest absolute Gasteiger partial charge is 0.389 e. The van der Waals surface area contributed by atoms with Crippen LogP contribution in [0.1, 0.15) is 24.2 Å². The van der Waals surface area contributed by atoms with Crippen LogP contribution >= 0.6 is 0 Å². The highest BCUT2D eigenvalue weighted by Crippen LogP contribution is 2.26. The van der Waals surface area contributed by atoms with E-state index < -0.39 is 6.10 Å². The predicted molar refractivity (Wildman–Crippen MR) is 80.4 cm³/mol. The molecule has 1 N–H and O–H groups in total. The van der Waals surface area contributed by atoms with Gasteiger partial charge in [0, 0.05) is 24.8 Å². The van der Waals surface area contributed by atoms with Gasteiger partial charge in [-0.05, 0) is 37.1 Å². The summed E-state index contributed by atoms with van der Waals surface area (Å²) >= 11 is 0. The molecule has 0 aromatic heterocycles. The van der Waals surface area contributed by atoms with Gasteiger partial charge in [-0.3, -0.25) is 0 Å². The second kappa shape index (κ2) is 6.53. The molecular formula is C17H20FNO. The van der Waals surface area contributed by atoms with Gasteiger partial charge in [-0.25, -0.2) is 4.39 Å². The lowest BCUT2D eigenvalue weighted by atomic mass is 10.1. The average molecular weight is 273 g/mol. The van der Waals surface area contributed by atoms with Crippen molar-refractivity contribution in [3.63, 3.8) is 0 Å². The minimum Gasteiger partial charge on any atom is -0.389 e. The van der Waals surface area contributed by atoms with Crippen molar-refractivity contribution in [2.45, 2.75) is 19.4 Å². The Kier molecular flexibility index (Phi) is 4.74. The number of rotatable bonds is 5. The molecule has 0 fully saturated rings. The summed E-state index contributed by atoms with van der Waals surface area (Å²) in [6, 6.07) is 14.8. The maximum Gasteiger partial charge on any atom is 0.123 e. The average Bonchev–Trinajstić information content (AvgIpc) is 2.45. The zero-order chi connectivity index (χ0) is 14.5. The third-order valence-electron chi connectivity index (χ3n) is 3.43. The van der Waals surface area contributed by atoms with Crippen molar-refractivity contribution in [2.24, 2.45) is 0 Å². The van der Waals surface area contributed by atoms with Crippen molar-refractivity contribution in [3.8, 4) is 0 Å². The van der Waals surface area contributed by atoms with Gasteiger partial charge in [-0.2, -0.15) is 0 Å². The maximum absolute atomic E-state index is 13.3. The Labute approximate surface area is 119 Å². The molecule has 0 amide bonds. The second-order valence-corrected chi connectivity index (χ2v) is 5.04. The van der Waals surface area contributed by atoms with Crippen molar-refractivity contribution in [2.75, 3.05) is 18.5 Å². The summed E-state index contributed by atoms with van der Waals surface area (Å²) in [4.78, 5) is 2.05. The van der Waals surface area contributed by atoms with E-state index in [9.17, 15) is 9.50 Å². The fraction of sp³-hybridized carbons (Fsp3) is 0.294. The Bertz CT molecular complexity index is 554. The Morgan fingerprint density at radius 1 is 1.15 bits per heavy atom. The van der Waals surface area contributed by atoms with Crippen LogP contribution in [0, 0.1) is 5.82 Å². The van der Waals surface area contributed by atoms with Crippen LogP contribution in [-0.2, 0) is 6.42 Å². The summed E-state index contributed by atoms with van der Waals surface area (Å²) < 4.78 is 13.3. The van der Waals surface area contributed by atoms with E-state index in [1.54, 1.807) is 13.0 Å². The van der Waals surface area contributed by atoms with Gasteiger partial charge < -0.3 is 10.0 Å². The van der Waals surface area contributed by atoms with Crippen molar-refractivity contribution >= 4 is 5.69 Å². The molecule has 0 heterocycles. The summed E-state index contributed by atoms with van der Waals surface area (Å²) in [5.41, 5.74) is 2.76. The lowest BCUT2D eigenvalue weighted by Gasteiger charge is -2.23. The predicted octanol–water partition coefficient (Wildman–Crippen LogP) is 3.56. The van der Waals surface area contributed by atoms with E-state index in [1.807, 2.05) is 25.2 Å². The molecule has 0 spiro atoms. The maximum atomic E-state index is 13.3. The number of nitrogens with zero attached hydrogens (tertiary/aromatic N) is 1. The third kappa shape index (κ3) is 3.58. The van der Waals surface area contributed by atoms with Crippen LogP contribution in [0.15, 0.2) is 48.5 Å². The molecule has 2 aromatic carbocycles. The van der Waals surface area contributed by atoms with Crippen LogP contribution in [0.5, 0.6) is 0 Å². The van der Waals surface area contributed by atoms with Crippen molar-refractivity contribution < 1.29 is 9.50 Å². The van der Waals surface area contributed by atoms with Gasteiger partial charge in [0.05, 0.1) is 6.10 Å². The molecule has 0 bridgehead atoms. The number of hydrogen-bond donors (Lipinski definition) is 1. The summed E-state index contributed by atoms with van der Waals surface area (Å²) in [7, 11) is 1.96. The van der Waals surface area contributed by atoms with E-state index in [0.29, 0.717) is 5.56 Å². The number of halogens is 1. The van der Waals surface area contributed by atoms with Gasteiger partial charge in [0.2, 0.25) is 0 Å². The highest BCUT2D eigenvalue weighted by molar-refractivity contribution is 5.54. The molecule has 2 rings (SSSR count).